The van der Waals surface area contributed by atoms with Crippen LogP contribution in [-0.2, 0) is 9.84 Å². The summed E-state index contributed by atoms with van der Waals surface area (Å²) in [6, 6.07) is 6.46. The van der Waals surface area contributed by atoms with Crippen LogP contribution in [0.15, 0.2) is 29.2 Å². The maximum Gasteiger partial charge on any atom is 0.175 e. The molecule has 0 bridgehead atoms. The van der Waals surface area contributed by atoms with Gasteiger partial charge >= 0.3 is 0 Å². The third-order valence-electron chi connectivity index (χ3n) is 3.15. The van der Waals surface area contributed by atoms with E-state index in [1.54, 1.807) is 12.1 Å². The van der Waals surface area contributed by atoms with Gasteiger partial charge in [0, 0.05) is 25.3 Å². The third-order valence-corrected chi connectivity index (χ3v) is 4.28. The number of benzene rings is 1. The minimum absolute atomic E-state index is 0.185. The van der Waals surface area contributed by atoms with Crippen molar-refractivity contribution in [3.05, 3.63) is 29.8 Å². The molecule has 0 saturated heterocycles. The first-order valence-electron chi connectivity index (χ1n) is 6.53. The Bertz CT molecular complexity index is 558. The van der Waals surface area contributed by atoms with Gasteiger partial charge in [0.05, 0.1) is 11.0 Å². The van der Waals surface area contributed by atoms with Gasteiger partial charge in [0.25, 0.3) is 0 Å². The molecule has 2 unspecified atom stereocenters. The van der Waals surface area contributed by atoms with Crippen LogP contribution in [0, 0.1) is 12.3 Å². The monoisotopic (exact) mass is 295 g/mol. The van der Waals surface area contributed by atoms with Gasteiger partial charge in [-0.05, 0) is 24.1 Å². The van der Waals surface area contributed by atoms with Crippen molar-refractivity contribution in [1.29, 1.82) is 0 Å². The molecule has 2 atom stereocenters. The molecule has 0 radical (unpaired) electrons. The summed E-state index contributed by atoms with van der Waals surface area (Å²) in [5.74, 6) is 2.60. The topological polar surface area (TPSA) is 66.4 Å². The summed E-state index contributed by atoms with van der Waals surface area (Å²) in [5.41, 5.74) is 0.681. The molecule has 0 fully saturated rings. The second kappa shape index (κ2) is 7.44. The number of aliphatic hydroxyl groups excluding tert-OH is 1. The predicted octanol–water partition coefficient (Wildman–Crippen LogP) is 1.52. The van der Waals surface area contributed by atoms with Gasteiger partial charge in [0.1, 0.15) is 0 Å². The fourth-order valence-electron chi connectivity index (χ4n) is 1.84. The molecular weight excluding hydrogens is 274 g/mol. The van der Waals surface area contributed by atoms with E-state index in [-0.39, 0.29) is 10.9 Å². The van der Waals surface area contributed by atoms with Crippen molar-refractivity contribution in [2.24, 2.45) is 0 Å². The van der Waals surface area contributed by atoms with E-state index in [9.17, 15) is 13.5 Å². The molecule has 20 heavy (non-hydrogen) atoms. The Labute approximate surface area is 121 Å². The average Bonchev–Trinajstić information content (AvgIpc) is 2.42. The maximum absolute atomic E-state index is 11.3. The first kappa shape index (κ1) is 16.7. The molecule has 1 rings (SSSR count). The minimum atomic E-state index is -3.20. The number of nitrogens with one attached hydrogen (secondary N) is 1. The summed E-state index contributed by atoms with van der Waals surface area (Å²) in [6.45, 7) is 2.42. The number of aliphatic hydroxyl groups is 1. The van der Waals surface area contributed by atoms with Gasteiger partial charge in [-0.15, -0.1) is 12.3 Å². The third kappa shape index (κ3) is 4.97. The first-order valence-corrected chi connectivity index (χ1v) is 8.42. The van der Waals surface area contributed by atoms with Crippen molar-refractivity contribution in [2.75, 3.05) is 12.8 Å². The van der Waals surface area contributed by atoms with Crippen molar-refractivity contribution >= 4 is 9.84 Å². The van der Waals surface area contributed by atoms with E-state index >= 15 is 0 Å². The highest BCUT2D eigenvalue weighted by atomic mass is 32.2. The van der Waals surface area contributed by atoms with Gasteiger partial charge in [0.2, 0.25) is 0 Å². The van der Waals surface area contributed by atoms with Crippen LogP contribution in [0.4, 0.5) is 0 Å². The Morgan fingerprint density at radius 1 is 1.35 bits per heavy atom. The van der Waals surface area contributed by atoms with E-state index in [0.717, 1.165) is 12.7 Å². The van der Waals surface area contributed by atoms with Gasteiger partial charge in [-0.3, -0.25) is 0 Å². The SMILES string of the molecule is C#CCC(CC)NCC(O)c1ccc(S(C)(=O)=O)cc1. The molecule has 1 aromatic carbocycles. The van der Waals surface area contributed by atoms with Crippen LogP contribution in [0.1, 0.15) is 31.4 Å². The molecule has 0 aliphatic heterocycles. The fourth-order valence-corrected chi connectivity index (χ4v) is 2.47. The van der Waals surface area contributed by atoms with Crippen molar-refractivity contribution in [3.63, 3.8) is 0 Å². The smallest absolute Gasteiger partial charge is 0.175 e. The van der Waals surface area contributed by atoms with Crippen LogP contribution in [0.25, 0.3) is 0 Å². The summed E-state index contributed by atoms with van der Waals surface area (Å²) in [4.78, 5) is 0.250. The second-order valence-corrected chi connectivity index (χ2v) is 6.79. The molecule has 4 nitrogen and oxygen atoms in total. The van der Waals surface area contributed by atoms with Gasteiger partial charge < -0.3 is 10.4 Å². The highest BCUT2D eigenvalue weighted by Crippen LogP contribution is 2.16. The fraction of sp³-hybridized carbons (Fsp3) is 0.467. The zero-order valence-corrected chi connectivity index (χ0v) is 12.7. The Morgan fingerprint density at radius 3 is 2.40 bits per heavy atom. The Hall–Kier alpha value is -1.35. The quantitative estimate of drug-likeness (QED) is 0.748. The van der Waals surface area contributed by atoms with Gasteiger partial charge in [-0.25, -0.2) is 8.42 Å². The molecular formula is C15H21NO3S. The van der Waals surface area contributed by atoms with Gasteiger partial charge in [-0.1, -0.05) is 19.1 Å². The molecule has 5 heteroatoms. The molecule has 0 spiro atoms. The van der Waals surface area contributed by atoms with E-state index < -0.39 is 15.9 Å². The zero-order chi connectivity index (χ0) is 15.2. The lowest BCUT2D eigenvalue weighted by atomic mass is 10.1. The minimum Gasteiger partial charge on any atom is -0.387 e. The lowest BCUT2D eigenvalue weighted by Crippen LogP contribution is -2.32. The molecule has 0 saturated carbocycles. The number of hydrogen-bond donors (Lipinski definition) is 2. The van der Waals surface area contributed by atoms with Crippen molar-refractivity contribution in [2.45, 2.75) is 36.8 Å². The molecule has 0 aliphatic rings. The van der Waals surface area contributed by atoms with Gasteiger partial charge in [0.15, 0.2) is 9.84 Å². The summed E-state index contributed by atoms with van der Waals surface area (Å²) in [6.07, 6.45) is 7.26. The molecule has 0 aromatic heterocycles. The van der Waals surface area contributed by atoms with Crippen molar-refractivity contribution in [1.82, 2.24) is 5.32 Å². The highest BCUT2D eigenvalue weighted by molar-refractivity contribution is 7.90. The summed E-state index contributed by atoms with van der Waals surface area (Å²) >= 11 is 0. The largest absolute Gasteiger partial charge is 0.387 e. The van der Waals surface area contributed by atoms with E-state index in [0.29, 0.717) is 18.5 Å². The lowest BCUT2D eigenvalue weighted by molar-refractivity contribution is 0.169. The number of hydrogen-bond acceptors (Lipinski definition) is 4. The first-order chi connectivity index (χ1) is 9.38. The van der Waals surface area contributed by atoms with Crippen LogP contribution in [-0.4, -0.2) is 32.4 Å². The maximum atomic E-state index is 11.3. The molecule has 2 N–H and O–H groups in total. The Morgan fingerprint density at radius 2 is 1.95 bits per heavy atom. The number of terminal acetylenes is 1. The Kier molecular flexibility index (Phi) is 6.21. The van der Waals surface area contributed by atoms with Crippen LogP contribution < -0.4 is 5.32 Å². The summed E-state index contributed by atoms with van der Waals surface area (Å²) in [7, 11) is -3.20. The average molecular weight is 295 g/mol. The summed E-state index contributed by atoms with van der Waals surface area (Å²) in [5, 5.41) is 13.3. The highest BCUT2D eigenvalue weighted by Gasteiger charge is 2.12. The van der Waals surface area contributed by atoms with Crippen LogP contribution >= 0.6 is 0 Å². The number of rotatable bonds is 7. The van der Waals surface area contributed by atoms with Crippen LogP contribution in [0.2, 0.25) is 0 Å². The van der Waals surface area contributed by atoms with E-state index in [1.807, 2.05) is 6.92 Å². The van der Waals surface area contributed by atoms with E-state index in [2.05, 4.69) is 11.2 Å². The predicted molar refractivity (Wildman–Crippen MR) is 80.0 cm³/mol. The second-order valence-electron chi connectivity index (χ2n) is 4.78. The van der Waals surface area contributed by atoms with Crippen LogP contribution in [0.5, 0.6) is 0 Å². The normalized spacial score (nSPS) is 14.5. The van der Waals surface area contributed by atoms with Crippen molar-refractivity contribution in [3.8, 4) is 12.3 Å². The molecule has 110 valence electrons. The Balaban J connectivity index is 2.64. The standard InChI is InChI=1S/C15H21NO3S/c1-4-6-13(5-2)16-11-15(17)12-7-9-14(10-8-12)20(3,18)19/h1,7-10,13,15-17H,5-6,11H2,2-3H3. The molecule has 1 aromatic rings. The number of sulfone groups is 1. The van der Waals surface area contributed by atoms with Crippen molar-refractivity contribution < 1.29 is 13.5 Å². The molecule has 0 amide bonds. The molecule has 0 heterocycles. The summed E-state index contributed by atoms with van der Waals surface area (Å²) < 4.78 is 22.7. The van der Waals surface area contributed by atoms with Crippen LogP contribution in [0.3, 0.4) is 0 Å². The zero-order valence-electron chi connectivity index (χ0n) is 11.8. The lowest BCUT2D eigenvalue weighted by Gasteiger charge is -2.18. The molecule has 0 aliphatic carbocycles. The van der Waals surface area contributed by atoms with Gasteiger partial charge in [-0.2, -0.15) is 0 Å². The van der Waals surface area contributed by atoms with E-state index in [4.69, 9.17) is 6.42 Å². The van der Waals surface area contributed by atoms with E-state index in [1.165, 1.54) is 12.1 Å².